The third-order valence-corrected chi connectivity index (χ3v) is 6.95. The van der Waals surface area contributed by atoms with Gasteiger partial charge in [0.1, 0.15) is 0 Å². The highest BCUT2D eigenvalue weighted by atomic mass is 16.2. The number of piperidine rings is 2. The lowest BCUT2D eigenvalue weighted by atomic mass is 9.97. The summed E-state index contributed by atoms with van der Waals surface area (Å²) in [6.07, 6.45) is 7.50. The fourth-order valence-electron chi connectivity index (χ4n) is 5.35. The van der Waals surface area contributed by atoms with E-state index in [1.807, 2.05) is 12.1 Å². The summed E-state index contributed by atoms with van der Waals surface area (Å²) < 4.78 is 2.39. The normalized spacial score (nSPS) is 24.4. The molecule has 7 heteroatoms. The second-order valence-corrected chi connectivity index (χ2v) is 8.93. The van der Waals surface area contributed by atoms with Crippen LogP contribution in [0.5, 0.6) is 0 Å². The van der Waals surface area contributed by atoms with E-state index < -0.39 is 0 Å². The van der Waals surface area contributed by atoms with Crippen LogP contribution in [0.1, 0.15) is 38.1 Å². The molecule has 3 aliphatic rings. The minimum Gasteiger partial charge on any atom is -0.344 e. The summed E-state index contributed by atoms with van der Waals surface area (Å²) in [5, 5.41) is 7.05. The maximum absolute atomic E-state index is 12.3. The predicted molar refractivity (Wildman–Crippen MR) is 118 cm³/mol. The van der Waals surface area contributed by atoms with Gasteiger partial charge in [-0.25, -0.2) is 4.79 Å². The Morgan fingerprint density at radius 2 is 1.90 bits per heavy atom. The topological polar surface area (TPSA) is 69.6 Å². The highest BCUT2D eigenvalue weighted by Gasteiger charge is 2.27. The van der Waals surface area contributed by atoms with Crippen molar-refractivity contribution in [1.82, 2.24) is 20.1 Å². The molecule has 1 aromatic carbocycles. The fourth-order valence-corrected chi connectivity index (χ4v) is 5.35. The van der Waals surface area contributed by atoms with E-state index in [4.69, 9.17) is 0 Å². The number of likely N-dealkylation sites (tertiary alicyclic amines) is 1. The van der Waals surface area contributed by atoms with E-state index in [-0.39, 0.29) is 11.9 Å². The lowest BCUT2D eigenvalue weighted by molar-refractivity contribution is -0.120. The number of amides is 3. The number of hydrogen-bond acceptors (Lipinski definition) is 4. The van der Waals surface area contributed by atoms with Crippen molar-refractivity contribution in [2.75, 3.05) is 44.2 Å². The van der Waals surface area contributed by atoms with Crippen LogP contribution in [0, 0.1) is 5.92 Å². The van der Waals surface area contributed by atoms with Gasteiger partial charge in [-0.3, -0.25) is 15.0 Å². The number of anilines is 1. The second kappa shape index (κ2) is 8.40. The Hall–Kier alpha value is -2.38. The average Bonchev–Trinajstić information content (AvgIpc) is 3.20. The largest absolute Gasteiger partial charge is 0.344 e. The first-order valence-electron chi connectivity index (χ1n) is 11.3. The van der Waals surface area contributed by atoms with Crippen LogP contribution in [-0.2, 0) is 4.79 Å². The van der Waals surface area contributed by atoms with Gasteiger partial charge in [-0.05, 0) is 62.9 Å². The van der Waals surface area contributed by atoms with E-state index in [1.54, 1.807) is 4.90 Å². The molecule has 5 rings (SSSR count). The molecule has 3 fully saturated rings. The Bertz CT molecular complexity index is 925. The summed E-state index contributed by atoms with van der Waals surface area (Å²) in [6, 6.07) is 8.43. The first kappa shape index (κ1) is 19.6. The molecule has 30 heavy (non-hydrogen) atoms. The molecular weight excluding hydrogens is 378 g/mol. The molecule has 0 bridgehead atoms. The average molecular weight is 410 g/mol. The van der Waals surface area contributed by atoms with Crippen molar-refractivity contribution in [2.24, 2.45) is 5.92 Å². The third-order valence-electron chi connectivity index (χ3n) is 6.95. The van der Waals surface area contributed by atoms with E-state index in [0.717, 1.165) is 42.9 Å². The number of carbonyl (C=O) groups excluding carboxylic acids is 2. The fraction of sp³-hybridized carbons (Fsp3) is 0.565. The van der Waals surface area contributed by atoms with E-state index in [1.165, 1.54) is 38.0 Å². The molecule has 1 aromatic heterocycles. The number of hydrogen-bond donors (Lipinski definition) is 2. The maximum Gasteiger partial charge on any atom is 0.328 e. The van der Waals surface area contributed by atoms with Gasteiger partial charge in [-0.2, -0.15) is 0 Å². The molecule has 1 atom stereocenters. The Kier molecular flexibility index (Phi) is 5.48. The van der Waals surface area contributed by atoms with Crippen LogP contribution in [0.25, 0.3) is 10.9 Å². The van der Waals surface area contributed by atoms with Crippen molar-refractivity contribution in [3.63, 3.8) is 0 Å². The number of rotatable bonds is 4. The first-order chi connectivity index (χ1) is 14.7. The SMILES string of the molecule is O=C1CCN(c2cccc3c2ccn3C2CCN(C[C@@H]3CCCNC3)CC2)C(=O)N1. The summed E-state index contributed by atoms with van der Waals surface area (Å²) >= 11 is 0. The van der Waals surface area contributed by atoms with Crippen molar-refractivity contribution in [3.8, 4) is 0 Å². The lowest BCUT2D eigenvalue weighted by Crippen LogP contribution is -2.49. The van der Waals surface area contributed by atoms with E-state index >= 15 is 0 Å². The minimum absolute atomic E-state index is 0.197. The molecule has 4 heterocycles. The molecule has 7 nitrogen and oxygen atoms in total. The summed E-state index contributed by atoms with van der Waals surface area (Å²) in [7, 11) is 0. The van der Waals surface area contributed by atoms with Gasteiger partial charge >= 0.3 is 6.03 Å². The lowest BCUT2D eigenvalue weighted by Gasteiger charge is -2.36. The Morgan fingerprint density at radius 1 is 1.03 bits per heavy atom. The standard InChI is InChI=1S/C23H31N5O2/c29-22-9-14-28(23(30)25-22)21-5-1-4-20-19(21)8-13-27(20)18-6-11-26(12-7-18)16-17-3-2-10-24-15-17/h1,4-5,8,13,17-18,24H,2-3,6-7,9-12,14-16H2,(H,25,29,30)/t17-/m1/s1. The summed E-state index contributed by atoms with van der Waals surface area (Å²) in [5.41, 5.74) is 2.06. The molecule has 0 aliphatic carbocycles. The highest BCUT2D eigenvalue weighted by molar-refractivity contribution is 6.09. The quantitative estimate of drug-likeness (QED) is 0.815. The Morgan fingerprint density at radius 3 is 2.67 bits per heavy atom. The number of carbonyl (C=O) groups is 2. The van der Waals surface area contributed by atoms with E-state index in [2.05, 4.69) is 38.4 Å². The number of nitrogens with zero attached hydrogens (tertiary/aromatic N) is 3. The second-order valence-electron chi connectivity index (χ2n) is 8.93. The molecule has 2 N–H and O–H groups in total. The Balaban J connectivity index is 1.29. The maximum atomic E-state index is 12.3. The van der Waals surface area contributed by atoms with E-state index in [9.17, 15) is 9.59 Å². The van der Waals surface area contributed by atoms with Gasteiger partial charge in [-0.1, -0.05) is 6.07 Å². The van der Waals surface area contributed by atoms with Crippen LogP contribution in [0.3, 0.4) is 0 Å². The third kappa shape index (κ3) is 3.84. The zero-order valence-corrected chi connectivity index (χ0v) is 17.5. The van der Waals surface area contributed by atoms with Crippen molar-refractivity contribution in [3.05, 3.63) is 30.5 Å². The summed E-state index contributed by atoms with van der Waals surface area (Å²) in [5.74, 6) is 0.601. The van der Waals surface area contributed by atoms with Crippen molar-refractivity contribution in [1.29, 1.82) is 0 Å². The molecule has 3 amide bonds. The van der Waals surface area contributed by atoms with Gasteiger partial charge in [0.25, 0.3) is 0 Å². The molecule has 0 spiro atoms. The van der Waals surface area contributed by atoms with Crippen LogP contribution >= 0.6 is 0 Å². The number of nitrogens with one attached hydrogen (secondary N) is 2. The molecule has 0 radical (unpaired) electrons. The van der Waals surface area contributed by atoms with Crippen LogP contribution in [0.15, 0.2) is 30.5 Å². The van der Waals surface area contributed by atoms with Crippen molar-refractivity contribution in [2.45, 2.75) is 38.1 Å². The van der Waals surface area contributed by atoms with Gasteiger partial charge in [0, 0.05) is 50.2 Å². The molecule has 0 saturated carbocycles. The van der Waals surface area contributed by atoms with Gasteiger partial charge in [0.2, 0.25) is 5.91 Å². The molecule has 0 unspecified atom stereocenters. The van der Waals surface area contributed by atoms with Crippen molar-refractivity contribution < 1.29 is 9.59 Å². The number of aromatic nitrogens is 1. The number of imide groups is 1. The Labute approximate surface area is 177 Å². The van der Waals surface area contributed by atoms with E-state index in [0.29, 0.717) is 19.0 Å². The minimum atomic E-state index is -0.322. The van der Waals surface area contributed by atoms with Crippen LogP contribution < -0.4 is 15.5 Å². The summed E-state index contributed by atoms with van der Waals surface area (Å²) in [4.78, 5) is 28.2. The monoisotopic (exact) mass is 409 g/mol. The molecule has 2 aromatic rings. The molecule has 3 saturated heterocycles. The van der Waals surface area contributed by atoms with Crippen molar-refractivity contribution >= 4 is 28.5 Å². The predicted octanol–water partition coefficient (Wildman–Crippen LogP) is 2.72. The highest BCUT2D eigenvalue weighted by Crippen LogP contribution is 2.33. The van der Waals surface area contributed by atoms with Crippen LogP contribution in [0.2, 0.25) is 0 Å². The number of benzene rings is 1. The van der Waals surface area contributed by atoms with Gasteiger partial charge in [0.05, 0.1) is 11.2 Å². The number of urea groups is 1. The van der Waals surface area contributed by atoms with Gasteiger partial charge in [0.15, 0.2) is 0 Å². The van der Waals surface area contributed by atoms with Gasteiger partial charge in [-0.15, -0.1) is 0 Å². The first-order valence-corrected chi connectivity index (χ1v) is 11.3. The van der Waals surface area contributed by atoms with Crippen LogP contribution in [0.4, 0.5) is 10.5 Å². The zero-order valence-electron chi connectivity index (χ0n) is 17.5. The molecule has 3 aliphatic heterocycles. The van der Waals surface area contributed by atoms with Crippen LogP contribution in [-0.4, -0.2) is 60.7 Å². The number of fused-ring (bicyclic) bond motifs is 1. The van der Waals surface area contributed by atoms with Gasteiger partial charge < -0.3 is 14.8 Å². The molecular formula is C23H31N5O2. The molecule has 160 valence electrons. The summed E-state index contributed by atoms with van der Waals surface area (Å²) in [6.45, 7) is 6.30. The zero-order chi connectivity index (χ0) is 20.5. The smallest absolute Gasteiger partial charge is 0.328 e.